The van der Waals surface area contributed by atoms with Gasteiger partial charge in [-0.15, -0.1) is 0 Å². The minimum Gasteiger partial charge on any atom is -0.490 e. The van der Waals surface area contributed by atoms with Gasteiger partial charge in [0.1, 0.15) is 12.4 Å². The molecule has 0 saturated carbocycles. The highest BCUT2D eigenvalue weighted by molar-refractivity contribution is 5.93. The van der Waals surface area contributed by atoms with E-state index in [2.05, 4.69) is 6.58 Å². The fourth-order valence-corrected chi connectivity index (χ4v) is 1.39. The van der Waals surface area contributed by atoms with Gasteiger partial charge in [-0.1, -0.05) is 24.8 Å². The van der Waals surface area contributed by atoms with E-state index < -0.39 is 17.9 Å². The van der Waals surface area contributed by atoms with E-state index in [0.29, 0.717) is 17.9 Å². The van der Waals surface area contributed by atoms with Crippen molar-refractivity contribution in [2.24, 2.45) is 5.92 Å². The molecule has 0 aliphatic rings. The second kappa shape index (κ2) is 6.44. The van der Waals surface area contributed by atoms with Crippen molar-refractivity contribution in [3.63, 3.8) is 0 Å². The van der Waals surface area contributed by atoms with Crippen molar-refractivity contribution in [1.82, 2.24) is 0 Å². The van der Waals surface area contributed by atoms with E-state index >= 15 is 0 Å². The van der Waals surface area contributed by atoms with Gasteiger partial charge in [0.05, 0.1) is 0 Å². The maximum Gasteiger partial charge on any atom is 0.318 e. The Bertz CT molecular complexity index is 421. The predicted molar refractivity (Wildman–Crippen MR) is 64.6 cm³/mol. The topological polar surface area (TPSA) is 83.8 Å². The third kappa shape index (κ3) is 3.93. The highest BCUT2D eigenvalue weighted by Crippen LogP contribution is 2.15. The first-order valence-electron chi connectivity index (χ1n) is 5.33. The summed E-state index contributed by atoms with van der Waals surface area (Å²) in [4.78, 5) is 21.5. The zero-order valence-electron chi connectivity index (χ0n) is 9.70. The smallest absolute Gasteiger partial charge is 0.318 e. The minimum absolute atomic E-state index is 0.0492. The van der Waals surface area contributed by atoms with E-state index in [-0.39, 0.29) is 6.42 Å². The average Bonchev–Trinajstić information content (AvgIpc) is 2.34. The first kappa shape index (κ1) is 13.8. The van der Waals surface area contributed by atoms with E-state index in [1.165, 1.54) is 0 Å². The van der Waals surface area contributed by atoms with Crippen LogP contribution < -0.4 is 4.74 Å². The number of carboxylic acids is 2. The van der Waals surface area contributed by atoms with Gasteiger partial charge >= 0.3 is 11.9 Å². The second-order valence-electron chi connectivity index (χ2n) is 3.68. The molecule has 0 aromatic heterocycles. The Labute approximate surface area is 104 Å². The molecule has 0 aliphatic heterocycles. The van der Waals surface area contributed by atoms with Crippen LogP contribution in [0.25, 0.3) is 0 Å². The standard InChI is InChI=1S/C13H14O5/c1-2-7-18-10-5-3-9(4-6-10)8-11(12(14)15)13(16)17/h2-6,11H,1,7-8H2,(H,14,15)(H,16,17). The number of carbonyl (C=O) groups is 2. The van der Waals surface area contributed by atoms with Crippen LogP contribution in [0.5, 0.6) is 5.75 Å². The lowest BCUT2D eigenvalue weighted by atomic mass is 10.00. The lowest BCUT2D eigenvalue weighted by Crippen LogP contribution is -2.25. The van der Waals surface area contributed by atoms with E-state index in [4.69, 9.17) is 14.9 Å². The molecule has 1 rings (SSSR count). The van der Waals surface area contributed by atoms with E-state index in [1.807, 2.05) is 0 Å². The Morgan fingerprint density at radius 2 is 1.78 bits per heavy atom. The number of benzene rings is 1. The van der Waals surface area contributed by atoms with Crippen LogP contribution in [0.1, 0.15) is 5.56 Å². The molecule has 0 saturated heterocycles. The summed E-state index contributed by atoms with van der Waals surface area (Å²) in [7, 11) is 0. The van der Waals surface area contributed by atoms with Crippen LogP contribution in [0.3, 0.4) is 0 Å². The zero-order valence-corrected chi connectivity index (χ0v) is 9.70. The van der Waals surface area contributed by atoms with Gasteiger partial charge in [-0.05, 0) is 24.1 Å². The van der Waals surface area contributed by atoms with Gasteiger partial charge in [-0.25, -0.2) is 0 Å². The van der Waals surface area contributed by atoms with E-state index in [9.17, 15) is 9.59 Å². The third-order valence-electron chi connectivity index (χ3n) is 2.33. The van der Waals surface area contributed by atoms with Gasteiger partial charge in [-0.3, -0.25) is 9.59 Å². The summed E-state index contributed by atoms with van der Waals surface area (Å²) in [5.74, 6) is -3.48. The largest absolute Gasteiger partial charge is 0.490 e. The van der Waals surface area contributed by atoms with E-state index in [1.54, 1.807) is 30.3 Å². The van der Waals surface area contributed by atoms with Crippen molar-refractivity contribution in [2.45, 2.75) is 6.42 Å². The van der Waals surface area contributed by atoms with Crippen LogP contribution in [0, 0.1) is 5.92 Å². The van der Waals surface area contributed by atoms with Gasteiger partial charge in [0.15, 0.2) is 5.92 Å². The van der Waals surface area contributed by atoms with Crippen LogP contribution >= 0.6 is 0 Å². The monoisotopic (exact) mass is 250 g/mol. The molecule has 5 nitrogen and oxygen atoms in total. The van der Waals surface area contributed by atoms with Crippen LogP contribution in [-0.4, -0.2) is 28.8 Å². The van der Waals surface area contributed by atoms with Gasteiger partial charge in [0.25, 0.3) is 0 Å². The fourth-order valence-electron chi connectivity index (χ4n) is 1.39. The second-order valence-corrected chi connectivity index (χ2v) is 3.68. The highest BCUT2D eigenvalue weighted by Gasteiger charge is 2.25. The molecule has 1 aromatic rings. The first-order valence-corrected chi connectivity index (χ1v) is 5.33. The summed E-state index contributed by atoms with van der Waals surface area (Å²) in [6, 6.07) is 6.63. The molecule has 0 fully saturated rings. The number of carboxylic acid groups (broad SMARTS) is 2. The summed E-state index contributed by atoms with van der Waals surface area (Å²) in [5, 5.41) is 17.5. The maximum atomic E-state index is 10.7. The van der Waals surface area contributed by atoms with Crippen LogP contribution in [0.2, 0.25) is 0 Å². The Hall–Kier alpha value is -2.30. The first-order chi connectivity index (χ1) is 8.54. The Morgan fingerprint density at radius 3 is 2.22 bits per heavy atom. The summed E-state index contributed by atoms with van der Waals surface area (Å²) >= 11 is 0. The molecule has 0 spiro atoms. The van der Waals surface area contributed by atoms with Crippen LogP contribution in [0.4, 0.5) is 0 Å². The molecule has 1 aromatic carbocycles. The van der Waals surface area contributed by atoms with Crippen molar-refractivity contribution in [3.8, 4) is 5.75 Å². The number of rotatable bonds is 7. The number of ether oxygens (including phenoxy) is 1. The third-order valence-corrected chi connectivity index (χ3v) is 2.33. The zero-order chi connectivity index (χ0) is 13.5. The Kier molecular flexibility index (Phi) is 4.92. The summed E-state index contributed by atoms with van der Waals surface area (Å²) < 4.78 is 5.26. The van der Waals surface area contributed by atoms with Gasteiger partial charge < -0.3 is 14.9 Å². The molecule has 0 radical (unpaired) electrons. The highest BCUT2D eigenvalue weighted by atomic mass is 16.5. The molecule has 0 atom stereocenters. The molecule has 18 heavy (non-hydrogen) atoms. The normalized spacial score (nSPS) is 10.1. The van der Waals surface area contributed by atoms with Crippen LogP contribution in [-0.2, 0) is 16.0 Å². The molecule has 5 heteroatoms. The van der Waals surface area contributed by atoms with Gasteiger partial charge in [0.2, 0.25) is 0 Å². The SMILES string of the molecule is C=CCOc1ccc(CC(C(=O)O)C(=O)O)cc1. The molecule has 0 aliphatic carbocycles. The number of hydrogen-bond donors (Lipinski definition) is 2. The van der Waals surface area contributed by atoms with Crippen molar-refractivity contribution >= 4 is 11.9 Å². The summed E-state index contributed by atoms with van der Waals surface area (Å²) in [6.07, 6.45) is 1.56. The van der Waals surface area contributed by atoms with Gasteiger partial charge in [-0.2, -0.15) is 0 Å². The Balaban J connectivity index is 2.70. The molecule has 0 bridgehead atoms. The van der Waals surface area contributed by atoms with Crippen LogP contribution in [0.15, 0.2) is 36.9 Å². The van der Waals surface area contributed by atoms with Gasteiger partial charge in [0, 0.05) is 0 Å². The summed E-state index contributed by atoms with van der Waals surface area (Å²) in [6.45, 7) is 3.90. The molecule has 2 N–H and O–H groups in total. The number of aliphatic carboxylic acids is 2. The summed E-state index contributed by atoms with van der Waals surface area (Å²) in [5.41, 5.74) is 0.635. The van der Waals surface area contributed by atoms with Crippen molar-refractivity contribution < 1.29 is 24.5 Å². The van der Waals surface area contributed by atoms with Crippen molar-refractivity contribution in [1.29, 1.82) is 0 Å². The maximum absolute atomic E-state index is 10.7. The van der Waals surface area contributed by atoms with Crippen molar-refractivity contribution in [3.05, 3.63) is 42.5 Å². The minimum atomic E-state index is -1.43. The molecule has 96 valence electrons. The quantitative estimate of drug-likeness (QED) is 0.567. The Morgan fingerprint density at radius 1 is 1.22 bits per heavy atom. The van der Waals surface area contributed by atoms with E-state index in [0.717, 1.165) is 0 Å². The lowest BCUT2D eigenvalue weighted by molar-refractivity contribution is -0.154. The predicted octanol–water partition coefficient (Wildman–Crippen LogP) is 1.58. The molecule has 0 heterocycles. The lowest BCUT2D eigenvalue weighted by Gasteiger charge is -2.08. The fraction of sp³-hybridized carbons (Fsp3) is 0.231. The molecule has 0 unspecified atom stereocenters. The van der Waals surface area contributed by atoms with Crippen molar-refractivity contribution in [2.75, 3.05) is 6.61 Å². The molecular weight excluding hydrogens is 236 g/mol. The molecular formula is C13H14O5. The number of hydrogen-bond acceptors (Lipinski definition) is 3. The molecule has 0 amide bonds. The average molecular weight is 250 g/mol.